The summed E-state index contributed by atoms with van der Waals surface area (Å²) in [6, 6.07) is 2.93. The Morgan fingerprint density at radius 1 is 1.30 bits per heavy atom. The van der Waals surface area contributed by atoms with E-state index in [1.165, 1.54) is 7.05 Å². The van der Waals surface area contributed by atoms with E-state index in [1.54, 1.807) is 24.0 Å². The van der Waals surface area contributed by atoms with Gasteiger partial charge in [-0.2, -0.15) is 0 Å². The standard InChI is InChI=1S/C15H20N2O3.C2H6O.CH5N.CH2O/c1-4-5-6-17-12-8-11(15(19)20)7-9(2)13(12)16-10(3)14(17)18;1-2-3;2*1-2/h7-8,10,16H,4-6H2,1-3H3,(H,19,20);3H,2H2,1H3;2H2,1H3;1H2. The molecule has 8 nitrogen and oxygen atoms in total. The molecule has 1 aromatic carbocycles. The molecular formula is C19H33N3O5. The summed E-state index contributed by atoms with van der Waals surface area (Å²) in [5.41, 5.74) is 7.10. The third kappa shape index (κ3) is 7.76. The molecule has 2 rings (SSSR count). The minimum absolute atomic E-state index is 0.00658. The molecule has 1 aliphatic rings. The summed E-state index contributed by atoms with van der Waals surface area (Å²) in [5, 5.41) is 19.9. The maximum atomic E-state index is 12.3. The molecule has 1 unspecified atom stereocenters. The summed E-state index contributed by atoms with van der Waals surface area (Å²) >= 11 is 0. The van der Waals surface area contributed by atoms with Crippen LogP contribution in [-0.2, 0) is 9.59 Å². The van der Waals surface area contributed by atoms with Gasteiger partial charge in [0.05, 0.1) is 16.9 Å². The number of aryl methyl sites for hydroxylation is 1. The quantitative estimate of drug-likeness (QED) is 0.625. The van der Waals surface area contributed by atoms with E-state index < -0.39 is 5.97 Å². The number of hydrogen-bond acceptors (Lipinski definition) is 6. The van der Waals surface area contributed by atoms with Crippen molar-refractivity contribution in [2.75, 3.05) is 30.4 Å². The van der Waals surface area contributed by atoms with Gasteiger partial charge in [-0.3, -0.25) is 4.79 Å². The summed E-state index contributed by atoms with van der Waals surface area (Å²) in [5.74, 6) is -0.981. The van der Waals surface area contributed by atoms with Crippen LogP contribution in [-0.4, -0.2) is 55.1 Å². The Kier molecular flexibility index (Phi) is 14.6. The number of rotatable bonds is 4. The highest BCUT2D eigenvalue weighted by Gasteiger charge is 2.30. The highest BCUT2D eigenvalue weighted by molar-refractivity contribution is 6.06. The molecule has 0 spiro atoms. The molecule has 0 radical (unpaired) electrons. The first-order valence-corrected chi connectivity index (χ1v) is 8.80. The number of carbonyl (C=O) groups excluding carboxylic acids is 2. The second-order valence-corrected chi connectivity index (χ2v) is 5.52. The minimum atomic E-state index is -0.975. The maximum Gasteiger partial charge on any atom is 0.335 e. The average Bonchev–Trinajstić information content (AvgIpc) is 2.66. The molecule has 0 bridgehead atoms. The average molecular weight is 383 g/mol. The first-order chi connectivity index (χ1) is 12.9. The number of unbranched alkanes of at least 4 members (excludes halogenated alkanes) is 1. The molecule has 27 heavy (non-hydrogen) atoms. The van der Waals surface area contributed by atoms with E-state index in [1.807, 2.05) is 20.6 Å². The van der Waals surface area contributed by atoms with Crippen molar-refractivity contribution in [2.45, 2.75) is 46.6 Å². The Morgan fingerprint density at radius 2 is 1.81 bits per heavy atom. The number of carbonyl (C=O) groups is 3. The monoisotopic (exact) mass is 383 g/mol. The lowest BCUT2D eigenvalue weighted by molar-refractivity contribution is -0.119. The maximum absolute atomic E-state index is 12.3. The van der Waals surface area contributed by atoms with Crippen molar-refractivity contribution in [1.29, 1.82) is 0 Å². The first-order valence-electron chi connectivity index (χ1n) is 8.80. The lowest BCUT2D eigenvalue weighted by Gasteiger charge is -2.35. The van der Waals surface area contributed by atoms with E-state index in [4.69, 9.17) is 15.0 Å². The number of hydrogen-bond donors (Lipinski definition) is 4. The number of aliphatic hydroxyl groups excluding tert-OH is 1. The predicted molar refractivity (Wildman–Crippen MR) is 108 cm³/mol. The molecule has 1 heterocycles. The lowest BCUT2D eigenvalue weighted by Crippen LogP contribution is -2.46. The van der Waals surface area contributed by atoms with E-state index >= 15 is 0 Å². The van der Waals surface area contributed by atoms with Gasteiger partial charge in [0.2, 0.25) is 5.91 Å². The van der Waals surface area contributed by atoms with Gasteiger partial charge in [-0.05, 0) is 51.9 Å². The third-order valence-corrected chi connectivity index (χ3v) is 3.59. The van der Waals surface area contributed by atoms with Gasteiger partial charge in [-0.15, -0.1) is 0 Å². The minimum Gasteiger partial charge on any atom is -0.478 e. The highest BCUT2D eigenvalue weighted by Crippen LogP contribution is 2.35. The van der Waals surface area contributed by atoms with Crippen LogP contribution in [0.25, 0.3) is 0 Å². The second kappa shape index (κ2) is 14.7. The van der Waals surface area contributed by atoms with Gasteiger partial charge in [-0.1, -0.05) is 13.3 Å². The number of amides is 1. The Balaban J connectivity index is 0. The van der Waals surface area contributed by atoms with Crippen molar-refractivity contribution in [1.82, 2.24) is 0 Å². The summed E-state index contributed by atoms with van der Waals surface area (Å²) in [6.07, 6.45) is 1.88. The largest absolute Gasteiger partial charge is 0.478 e. The zero-order valence-corrected chi connectivity index (χ0v) is 16.9. The highest BCUT2D eigenvalue weighted by atomic mass is 16.4. The van der Waals surface area contributed by atoms with E-state index in [2.05, 4.69) is 18.0 Å². The van der Waals surface area contributed by atoms with E-state index in [0.717, 1.165) is 24.1 Å². The molecule has 0 saturated carbocycles. The van der Waals surface area contributed by atoms with Gasteiger partial charge in [0, 0.05) is 13.2 Å². The summed E-state index contributed by atoms with van der Waals surface area (Å²) in [6.45, 7) is 10.3. The number of benzene rings is 1. The fourth-order valence-electron chi connectivity index (χ4n) is 2.47. The topological polar surface area (TPSA) is 133 Å². The molecule has 1 atom stereocenters. The van der Waals surface area contributed by atoms with Crippen LogP contribution in [0.2, 0.25) is 0 Å². The van der Waals surface area contributed by atoms with E-state index in [-0.39, 0.29) is 24.1 Å². The first kappa shape index (κ1) is 26.8. The predicted octanol–water partition coefficient (Wildman–Crippen LogP) is 2.03. The Labute approximate surface area is 161 Å². The smallest absolute Gasteiger partial charge is 0.335 e. The van der Waals surface area contributed by atoms with Gasteiger partial charge in [0.25, 0.3) is 0 Å². The van der Waals surface area contributed by atoms with Crippen molar-refractivity contribution >= 4 is 30.0 Å². The van der Waals surface area contributed by atoms with Crippen molar-refractivity contribution in [3.05, 3.63) is 23.3 Å². The number of nitrogens with one attached hydrogen (secondary N) is 1. The molecule has 0 aliphatic carbocycles. The SMILES string of the molecule is C=O.CCCCN1C(=O)C(C)Nc2c(C)cc(C(=O)O)cc21.CCO.CN. The van der Waals surface area contributed by atoms with Crippen LogP contribution in [0.15, 0.2) is 12.1 Å². The normalized spacial score (nSPS) is 14.1. The number of carboxylic acids is 1. The number of anilines is 2. The summed E-state index contributed by atoms with van der Waals surface area (Å²) in [4.78, 5) is 33.2. The van der Waals surface area contributed by atoms with E-state index in [9.17, 15) is 9.59 Å². The zero-order chi connectivity index (χ0) is 21.6. The van der Waals surface area contributed by atoms with Gasteiger partial charge >= 0.3 is 5.97 Å². The molecule has 1 aliphatic heterocycles. The second-order valence-electron chi connectivity index (χ2n) is 5.52. The zero-order valence-electron chi connectivity index (χ0n) is 16.9. The molecule has 0 fully saturated rings. The summed E-state index contributed by atoms with van der Waals surface area (Å²) < 4.78 is 0. The van der Waals surface area contributed by atoms with Crippen LogP contribution < -0.4 is 16.0 Å². The number of nitrogens with two attached hydrogens (primary N) is 1. The van der Waals surface area contributed by atoms with Crippen LogP contribution in [0.1, 0.15) is 49.5 Å². The van der Waals surface area contributed by atoms with Crippen molar-refractivity contribution < 1.29 is 24.6 Å². The fourth-order valence-corrected chi connectivity index (χ4v) is 2.47. The number of nitrogens with zero attached hydrogens (tertiary/aromatic N) is 1. The van der Waals surface area contributed by atoms with Crippen molar-refractivity contribution in [2.24, 2.45) is 5.73 Å². The molecule has 0 saturated heterocycles. The molecule has 0 aromatic heterocycles. The Bertz CT molecular complexity index is 593. The Hall–Kier alpha value is -2.45. The Morgan fingerprint density at radius 3 is 2.26 bits per heavy atom. The molecule has 154 valence electrons. The van der Waals surface area contributed by atoms with Gasteiger partial charge in [-0.25, -0.2) is 4.79 Å². The number of fused-ring (bicyclic) bond motifs is 1. The van der Waals surface area contributed by atoms with Crippen LogP contribution in [0, 0.1) is 6.92 Å². The molecular weight excluding hydrogens is 350 g/mol. The van der Waals surface area contributed by atoms with Crippen LogP contribution in [0.5, 0.6) is 0 Å². The lowest BCUT2D eigenvalue weighted by atomic mass is 10.0. The van der Waals surface area contributed by atoms with Crippen molar-refractivity contribution in [3.8, 4) is 0 Å². The summed E-state index contributed by atoms with van der Waals surface area (Å²) in [7, 11) is 1.50. The van der Waals surface area contributed by atoms with Crippen LogP contribution in [0.3, 0.4) is 0 Å². The third-order valence-electron chi connectivity index (χ3n) is 3.59. The number of aromatic carboxylic acids is 1. The molecule has 1 aromatic rings. The van der Waals surface area contributed by atoms with Crippen LogP contribution >= 0.6 is 0 Å². The van der Waals surface area contributed by atoms with Gasteiger partial charge < -0.3 is 31.0 Å². The fraction of sp³-hybridized carbons (Fsp3) is 0.526. The molecule has 5 N–H and O–H groups in total. The van der Waals surface area contributed by atoms with E-state index in [0.29, 0.717) is 12.2 Å². The van der Waals surface area contributed by atoms with Gasteiger partial charge in [0.15, 0.2) is 0 Å². The van der Waals surface area contributed by atoms with Crippen molar-refractivity contribution in [3.63, 3.8) is 0 Å². The van der Waals surface area contributed by atoms with Crippen LogP contribution in [0.4, 0.5) is 11.4 Å². The number of aliphatic hydroxyl groups is 1. The molecule has 1 amide bonds. The van der Waals surface area contributed by atoms with Gasteiger partial charge in [0.1, 0.15) is 12.8 Å². The number of carboxylic acid groups (broad SMARTS) is 1. The molecule has 8 heteroatoms.